The van der Waals surface area contributed by atoms with Crippen molar-refractivity contribution in [2.45, 2.75) is 25.9 Å². The number of aromatic amines is 1. The fourth-order valence-electron chi connectivity index (χ4n) is 2.87. The minimum atomic E-state index is -0.179. The third-order valence-electron chi connectivity index (χ3n) is 4.26. The monoisotopic (exact) mass is 337 g/mol. The molecule has 2 aromatic carbocycles. The molecule has 2 amide bonds. The minimum Gasteiger partial charge on any atom is -0.497 e. The summed E-state index contributed by atoms with van der Waals surface area (Å²) in [7, 11) is 1.64. The molecule has 1 unspecified atom stereocenters. The molecule has 1 heterocycles. The van der Waals surface area contributed by atoms with Crippen molar-refractivity contribution in [2.24, 2.45) is 0 Å². The topological polar surface area (TPSA) is 66.2 Å². The summed E-state index contributed by atoms with van der Waals surface area (Å²) in [5.41, 5.74) is 3.11. The van der Waals surface area contributed by atoms with E-state index in [0.29, 0.717) is 6.54 Å². The van der Waals surface area contributed by atoms with Gasteiger partial charge in [-0.15, -0.1) is 0 Å². The number of ether oxygens (including phenoxy) is 1. The highest BCUT2D eigenvalue weighted by Gasteiger charge is 2.13. The Kier molecular flexibility index (Phi) is 5.23. The van der Waals surface area contributed by atoms with Crippen molar-refractivity contribution >= 4 is 16.9 Å². The molecule has 5 heteroatoms. The number of amides is 2. The van der Waals surface area contributed by atoms with E-state index < -0.39 is 0 Å². The van der Waals surface area contributed by atoms with Crippen LogP contribution in [0.25, 0.3) is 10.9 Å². The van der Waals surface area contributed by atoms with Gasteiger partial charge < -0.3 is 20.4 Å². The number of aromatic nitrogens is 1. The van der Waals surface area contributed by atoms with Crippen LogP contribution in [0.1, 0.15) is 30.6 Å². The van der Waals surface area contributed by atoms with Gasteiger partial charge in [0.25, 0.3) is 0 Å². The van der Waals surface area contributed by atoms with E-state index in [1.165, 1.54) is 0 Å². The van der Waals surface area contributed by atoms with E-state index in [-0.39, 0.29) is 12.1 Å². The summed E-state index contributed by atoms with van der Waals surface area (Å²) in [4.78, 5) is 15.5. The van der Waals surface area contributed by atoms with Crippen molar-refractivity contribution < 1.29 is 9.53 Å². The molecule has 0 aliphatic carbocycles. The molecule has 0 aliphatic rings. The van der Waals surface area contributed by atoms with Crippen LogP contribution in [-0.4, -0.2) is 18.1 Å². The van der Waals surface area contributed by atoms with E-state index in [9.17, 15) is 4.79 Å². The number of hydrogen-bond acceptors (Lipinski definition) is 2. The zero-order valence-corrected chi connectivity index (χ0v) is 14.5. The van der Waals surface area contributed by atoms with Gasteiger partial charge in [-0.1, -0.05) is 37.3 Å². The zero-order chi connectivity index (χ0) is 17.6. The Morgan fingerprint density at radius 3 is 2.60 bits per heavy atom. The van der Waals surface area contributed by atoms with Gasteiger partial charge in [0, 0.05) is 11.2 Å². The third kappa shape index (κ3) is 4.12. The smallest absolute Gasteiger partial charge is 0.315 e. The maximum atomic E-state index is 12.2. The van der Waals surface area contributed by atoms with Crippen LogP contribution in [0.2, 0.25) is 0 Å². The predicted molar refractivity (Wildman–Crippen MR) is 99.7 cm³/mol. The van der Waals surface area contributed by atoms with Crippen LogP contribution in [-0.2, 0) is 6.54 Å². The molecular weight excluding hydrogens is 314 g/mol. The molecule has 0 saturated carbocycles. The zero-order valence-electron chi connectivity index (χ0n) is 14.5. The minimum absolute atomic E-state index is 0.0337. The molecule has 0 spiro atoms. The molecule has 3 rings (SSSR count). The Labute approximate surface area is 147 Å². The Morgan fingerprint density at radius 1 is 1.16 bits per heavy atom. The van der Waals surface area contributed by atoms with Crippen LogP contribution in [0, 0.1) is 0 Å². The lowest BCUT2D eigenvalue weighted by atomic mass is 10.0. The lowest BCUT2D eigenvalue weighted by molar-refractivity contribution is 0.236. The lowest BCUT2D eigenvalue weighted by Crippen LogP contribution is -2.37. The van der Waals surface area contributed by atoms with Crippen molar-refractivity contribution in [3.8, 4) is 5.75 Å². The number of rotatable bonds is 6. The Morgan fingerprint density at radius 2 is 1.92 bits per heavy atom. The van der Waals surface area contributed by atoms with Gasteiger partial charge in [-0.2, -0.15) is 0 Å². The van der Waals surface area contributed by atoms with E-state index in [1.807, 2.05) is 55.5 Å². The average molecular weight is 337 g/mol. The standard InChI is InChI=1S/C20H23N3O2/c1-3-18(14-8-10-17(25-2)11-9-14)23-20(24)21-13-16-12-15-6-4-5-7-19(15)22-16/h4-12,18,22H,3,13H2,1-2H3,(H2,21,23,24). The average Bonchev–Trinajstić information content (AvgIpc) is 3.07. The molecule has 1 aromatic heterocycles. The first-order valence-corrected chi connectivity index (χ1v) is 8.44. The number of carbonyl (C=O) groups excluding carboxylic acids is 1. The third-order valence-corrected chi connectivity index (χ3v) is 4.26. The highest BCUT2D eigenvalue weighted by molar-refractivity contribution is 5.80. The molecule has 0 saturated heterocycles. The van der Waals surface area contributed by atoms with Crippen LogP contribution >= 0.6 is 0 Å². The van der Waals surface area contributed by atoms with E-state index in [1.54, 1.807) is 7.11 Å². The summed E-state index contributed by atoms with van der Waals surface area (Å²) in [5, 5.41) is 7.07. The van der Waals surface area contributed by atoms with Gasteiger partial charge in [-0.3, -0.25) is 0 Å². The SMILES string of the molecule is CCC(NC(=O)NCc1cc2ccccc2[nH]1)c1ccc(OC)cc1. The van der Waals surface area contributed by atoms with Gasteiger partial charge in [0.1, 0.15) is 5.75 Å². The van der Waals surface area contributed by atoms with E-state index in [4.69, 9.17) is 4.74 Å². The molecule has 1 atom stereocenters. The quantitative estimate of drug-likeness (QED) is 0.633. The maximum Gasteiger partial charge on any atom is 0.315 e. The Bertz CT molecular complexity index is 807. The van der Waals surface area contributed by atoms with Crippen molar-refractivity contribution in [3.05, 3.63) is 65.9 Å². The Balaban J connectivity index is 1.58. The highest BCUT2D eigenvalue weighted by Crippen LogP contribution is 2.20. The maximum absolute atomic E-state index is 12.2. The van der Waals surface area contributed by atoms with Crippen LogP contribution in [0.5, 0.6) is 5.75 Å². The number of carbonyl (C=O) groups is 1. The van der Waals surface area contributed by atoms with Gasteiger partial charge in [-0.25, -0.2) is 4.79 Å². The fraction of sp³-hybridized carbons (Fsp3) is 0.250. The first-order valence-electron chi connectivity index (χ1n) is 8.44. The first-order chi connectivity index (χ1) is 12.2. The van der Waals surface area contributed by atoms with Gasteiger partial charge in [-0.05, 0) is 41.6 Å². The summed E-state index contributed by atoms with van der Waals surface area (Å²) < 4.78 is 5.17. The number of H-pyrrole nitrogens is 1. The van der Waals surface area contributed by atoms with Gasteiger partial charge in [0.05, 0.1) is 19.7 Å². The van der Waals surface area contributed by atoms with Gasteiger partial charge in [0.15, 0.2) is 0 Å². The van der Waals surface area contributed by atoms with Crippen molar-refractivity contribution in [1.82, 2.24) is 15.6 Å². The normalized spacial score (nSPS) is 11.9. The van der Waals surface area contributed by atoms with Gasteiger partial charge >= 0.3 is 6.03 Å². The fourth-order valence-corrected chi connectivity index (χ4v) is 2.87. The first kappa shape index (κ1) is 16.9. The number of hydrogen-bond donors (Lipinski definition) is 3. The number of methoxy groups -OCH3 is 1. The van der Waals surface area contributed by atoms with E-state index >= 15 is 0 Å². The number of fused-ring (bicyclic) bond motifs is 1. The van der Waals surface area contributed by atoms with Crippen LogP contribution in [0.3, 0.4) is 0 Å². The predicted octanol–water partition coefficient (Wildman–Crippen LogP) is 4.13. The van der Waals surface area contributed by atoms with Crippen LogP contribution in [0.4, 0.5) is 4.79 Å². The number of nitrogens with one attached hydrogen (secondary N) is 3. The second-order valence-corrected chi connectivity index (χ2v) is 5.94. The number of para-hydroxylation sites is 1. The molecule has 0 fully saturated rings. The molecule has 0 bridgehead atoms. The van der Waals surface area contributed by atoms with Crippen molar-refractivity contribution in [2.75, 3.05) is 7.11 Å². The highest BCUT2D eigenvalue weighted by atomic mass is 16.5. The second-order valence-electron chi connectivity index (χ2n) is 5.94. The van der Waals surface area contributed by atoms with Crippen molar-refractivity contribution in [3.63, 3.8) is 0 Å². The molecule has 3 aromatic rings. The molecular formula is C20H23N3O2. The molecule has 5 nitrogen and oxygen atoms in total. The molecule has 0 aliphatic heterocycles. The lowest BCUT2D eigenvalue weighted by Gasteiger charge is -2.18. The number of urea groups is 1. The summed E-state index contributed by atoms with van der Waals surface area (Å²) in [6.45, 7) is 2.51. The summed E-state index contributed by atoms with van der Waals surface area (Å²) >= 11 is 0. The summed E-state index contributed by atoms with van der Waals surface area (Å²) in [6.07, 6.45) is 0.812. The molecule has 3 N–H and O–H groups in total. The Hall–Kier alpha value is -2.95. The van der Waals surface area contributed by atoms with Crippen LogP contribution < -0.4 is 15.4 Å². The second kappa shape index (κ2) is 7.75. The van der Waals surface area contributed by atoms with Crippen LogP contribution in [0.15, 0.2) is 54.6 Å². The molecule has 130 valence electrons. The molecule has 0 radical (unpaired) electrons. The summed E-state index contributed by atoms with van der Waals surface area (Å²) in [5.74, 6) is 0.807. The van der Waals surface area contributed by atoms with E-state index in [0.717, 1.165) is 34.3 Å². The van der Waals surface area contributed by atoms with E-state index in [2.05, 4.69) is 21.7 Å². The largest absolute Gasteiger partial charge is 0.497 e. The molecule has 25 heavy (non-hydrogen) atoms. The summed E-state index contributed by atoms with van der Waals surface area (Å²) in [6, 6.07) is 17.7. The number of benzene rings is 2. The van der Waals surface area contributed by atoms with Gasteiger partial charge in [0.2, 0.25) is 0 Å². The van der Waals surface area contributed by atoms with Crippen molar-refractivity contribution in [1.29, 1.82) is 0 Å².